The van der Waals surface area contributed by atoms with E-state index < -0.39 is 29.8 Å². The highest BCUT2D eigenvalue weighted by atomic mass is 35.5. The van der Waals surface area contributed by atoms with Crippen molar-refractivity contribution in [2.45, 2.75) is 85.0 Å². The van der Waals surface area contributed by atoms with Crippen LogP contribution < -0.4 is 26.6 Å². The molecule has 0 bridgehead atoms. The standard InChI is InChI=1S/2C21H17ClFNO3S.C21H18ClNO3S.2C21H16N2O3S/c1-12-2-3-13(10-17(12)23)4-9-18(25)24-20-19(21(26)27)16(11-28-20)14-5-7-15(22)8-6-14;1-12-2-3-14(17(23)10-12)6-9-18(25)24-20-19(21(26)27)16(11-28-20)13-4-7-15(22)8-5-13;1-13-3-2-4-14(11-13)5-10-18(24)23-20-19(21(25)26)17(12-27-20)15-6-8-16(22)9-7-15;1-22-16-9-5-8-15(12-16)17-13-27-20(19(17)21(25)26)23-18(24)11-10-14-6-3-2-4-7-14;1-22-16-10-8-15(9-11-16)17-13-27-20(19(17)21(25)26)23-18(24)12-7-14-5-3-2-4-6-14/h2-3,5-8,10-11H,4,9H2,1H3,(H,24,25)(H,26,27);2-5,7-8,10-11H,6,9H2,1H3,(H,24,25)(H,26,27);2-4,6-9,11-12H,5,10H2,1H3,(H,23,24)(H,25,26);2-9,12-13H,10-11H2,(H,23,24)(H,25,26);2-6,8-11,13H,7,12H2,(H,23,24)(H,25,26). The number of thiophene rings is 5. The van der Waals surface area contributed by atoms with Gasteiger partial charge in [-0.25, -0.2) is 42.4 Å². The number of hydrogen-bond acceptors (Lipinski definition) is 15. The Labute approximate surface area is 821 Å². The van der Waals surface area contributed by atoms with Crippen LogP contribution in [0.5, 0.6) is 0 Å². The van der Waals surface area contributed by atoms with E-state index in [1.165, 1.54) is 46.1 Å². The predicted molar refractivity (Wildman–Crippen MR) is 542 cm³/mol. The molecule has 0 radical (unpaired) electrons. The monoisotopic (exact) mass is 1990 g/mol. The topological polar surface area (TPSA) is 341 Å². The van der Waals surface area contributed by atoms with E-state index in [4.69, 9.17) is 47.9 Å². The largest absolute Gasteiger partial charge is 0.478 e. The van der Waals surface area contributed by atoms with Crippen molar-refractivity contribution in [1.29, 1.82) is 0 Å². The van der Waals surface area contributed by atoms with Gasteiger partial charge >= 0.3 is 29.8 Å². The van der Waals surface area contributed by atoms with Crippen LogP contribution in [-0.4, -0.2) is 84.9 Å². The van der Waals surface area contributed by atoms with E-state index in [0.29, 0.717) is 134 Å². The zero-order valence-electron chi connectivity index (χ0n) is 73.2. The Hall–Kier alpha value is -14.9. The molecule has 0 aliphatic carbocycles. The molecule has 0 atom stereocenters. The number of carboxylic acid groups (broad SMARTS) is 5. The number of aromatic carboxylic acids is 5. The number of rotatable bonds is 30. The van der Waals surface area contributed by atoms with E-state index >= 15 is 0 Å². The summed E-state index contributed by atoms with van der Waals surface area (Å²) in [6.45, 7) is 19.6. The van der Waals surface area contributed by atoms with E-state index in [1.807, 2.05) is 91.9 Å². The maximum Gasteiger partial charge on any atom is 0.339 e. The molecule has 137 heavy (non-hydrogen) atoms. The van der Waals surface area contributed by atoms with Crippen molar-refractivity contribution >= 4 is 187 Å². The fourth-order valence-corrected chi connectivity index (χ4v) is 19.0. The van der Waals surface area contributed by atoms with Crippen molar-refractivity contribution in [2.24, 2.45) is 0 Å². The molecule has 0 fully saturated rings. The van der Waals surface area contributed by atoms with E-state index in [0.717, 1.165) is 56.1 Å². The first kappa shape index (κ1) is 103. The number of amides is 5. The highest BCUT2D eigenvalue weighted by Crippen LogP contribution is 2.43. The van der Waals surface area contributed by atoms with Gasteiger partial charge in [-0.1, -0.05) is 228 Å². The second kappa shape index (κ2) is 49.9. The summed E-state index contributed by atoms with van der Waals surface area (Å²) in [6, 6.07) is 71.1. The van der Waals surface area contributed by atoms with Crippen LogP contribution in [-0.2, 0) is 56.1 Å². The maximum absolute atomic E-state index is 13.9. The van der Waals surface area contributed by atoms with Gasteiger partial charge in [-0.15, -0.1) is 56.7 Å². The van der Waals surface area contributed by atoms with Crippen molar-refractivity contribution in [2.75, 3.05) is 26.6 Å². The summed E-state index contributed by atoms with van der Waals surface area (Å²) in [5, 5.41) is 73.3. The zero-order valence-corrected chi connectivity index (χ0v) is 79.5. The van der Waals surface area contributed by atoms with Crippen LogP contribution in [0.15, 0.2) is 270 Å². The molecular formula is C105H84Cl3F2N7O15S5. The third kappa shape index (κ3) is 29.6. The quantitative estimate of drug-likeness (QED) is 0.0187. The molecular weight excluding hydrogens is 1900 g/mol. The summed E-state index contributed by atoms with van der Waals surface area (Å²) < 4.78 is 27.5. The highest BCUT2D eigenvalue weighted by molar-refractivity contribution is 7.16. The Bertz CT molecular complexity index is 7000. The van der Waals surface area contributed by atoms with E-state index in [2.05, 4.69) is 36.3 Å². The molecule has 10 aromatic carbocycles. The molecule has 5 heterocycles. The summed E-state index contributed by atoms with van der Waals surface area (Å²) in [7, 11) is 0. The Balaban J connectivity index is 0.000000164. The number of hydrogen-bond donors (Lipinski definition) is 10. The van der Waals surface area contributed by atoms with Gasteiger partial charge in [0, 0.05) is 102 Å². The van der Waals surface area contributed by atoms with Crippen molar-refractivity contribution in [1.82, 2.24) is 0 Å². The summed E-state index contributed by atoms with van der Waals surface area (Å²) in [5.74, 6) is -7.55. The number of anilines is 5. The molecule has 0 aliphatic rings. The molecule has 0 unspecified atom stereocenters. The van der Waals surface area contributed by atoms with Gasteiger partial charge in [-0.05, 0) is 174 Å². The van der Waals surface area contributed by atoms with Crippen LogP contribution in [0.4, 0.5) is 45.2 Å². The lowest BCUT2D eigenvalue weighted by Crippen LogP contribution is -2.14. The van der Waals surface area contributed by atoms with Crippen molar-refractivity contribution in [3.8, 4) is 55.6 Å². The normalized spacial score (nSPS) is 10.5. The first-order valence-corrected chi connectivity index (χ1v) is 47.4. The van der Waals surface area contributed by atoms with Crippen LogP contribution in [0.25, 0.3) is 65.3 Å². The van der Waals surface area contributed by atoms with Gasteiger partial charge in [0.05, 0.1) is 13.1 Å². The van der Waals surface area contributed by atoms with E-state index in [9.17, 15) is 82.3 Å². The Morgan fingerprint density at radius 1 is 0.299 bits per heavy atom. The molecule has 15 rings (SSSR count). The highest BCUT2D eigenvalue weighted by Gasteiger charge is 2.28. The van der Waals surface area contributed by atoms with E-state index in [-0.39, 0.29) is 118 Å². The molecule has 32 heteroatoms. The van der Waals surface area contributed by atoms with Crippen molar-refractivity contribution in [3.05, 3.63) is 391 Å². The number of benzene rings is 10. The minimum Gasteiger partial charge on any atom is -0.478 e. The molecule has 15 aromatic rings. The van der Waals surface area contributed by atoms with Gasteiger partial charge in [-0.2, -0.15) is 0 Å². The van der Waals surface area contributed by atoms with Crippen LogP contribution in [0.1, 0.15) is 128 Å². The molecule has 10 N–H and O–H groups in total. The van der Waals surface area contributed by atoms with Gasteiger partial charge in [0.25, 0.3) is 0 Å². The molecule has 5 aromatic heterocycles. The van der Waals surface area contributed by atoms with Gasteiger partial charge < -0.3 is 52.1 Å². The summed E-state index contributed by atoms with van der Waals surface area (Å²) in [6.07, 6.45) is 3.37. The smallest absolute Gasteiger partial charge is 0.339 e. The van der Waals surface area contributed by atoms with Gasteiger partial charge in [-0.3, -0.25) is 24.0 Å². The van der Waals surface area contributed by atoms with E-state index in [1.54, 1.807) is 186 Å². The fourth-order valence-electron chi connectivity index (χ4n) is 13.7. The number of nitrogens with zero attached hydrogens (tertiary/aromatic N) is 2. The second-order valence-electron chi connectivity index (χ2n) is 30.5. The molecule has 0 saturated heterocycles. The second-order valence-corrected chi connectivity index (χ2v) is 36.2. The third-order valence-electron chi connectivity index (χ3n) is 20.7. The Morgan fingerprint density at radius 2 is 0.606 bits per heavy atom. The third-order valence-corrected chi connectivity index (χ3v) is 26.0. The molecule has 5 amide bonds. The van der Waals surface area contributed by atoms with Crippen LogP contribution >= 0.6 is 91.5 Å². The van der Waals surface area contributed by atoms with Crippen LogP contribution in [0.3, 0.4) is 0 Å². The lowest BCUT2D eigenvalue weighted by Gasteiger charge is -2.07. The van der Waals surface area contributed by atoms with Crippen molar-refractivity contribution in [3.63, 3.8) is 0 Å². The summed E-state index contributed by atoms with van der Waals surface area (Å²) >= 11 is 23.5. The number of nitrogens with one attached hydrogen (secondary N) is 5. The molecule has 22 nitrogen and oxygen atoms in total. The molecule has 0 saturated carbocycles. The Kier molecular flexibility index (Phi) is 37.4. The first-order chi connectivity index (χ1) is 65.8. The fraction of sp³-hybridized carbons (Fsp3) is 0.124. The minimum atomic E-state index is -1.13. The number of halogens is 5. The lowest BCUT2D eigenvalue weighted by atomic mass is 10.0. The first-order valence-electron chi connectivity index (χ1n) is 41.9. The average Bonchev–Trinajstić information content (AvgIpc) is 1.68. The molecule has 694 valence electrons. The molecule has 0 aliphatic heterocycles. The van der Waals surface area contributed by atoms with Crippen molar-refractivity contribution < 1.29 is 82.3 Å². The number of carboxylic acids is 5. The number of aryl methyl sites for hydroxylation is 8. The van der Waals surface area contributed by atoms with Gasteiger partial charge in [0.2, 0.25) is 29.5 Å². The van der Waals surface area contributed by atoms with Gasteiger partial charge in [0.15, 0.2) is 11.4 Å². The SMILES string of the molecule is Cc1ccc(CCC(=O)Nc2scc(-c3ccc(Cl)cc3)c2C(=O)O)c(F)c1.Cc1ccc(CCC(=O)Nc2scc(-c3ccc(Cl)cc3)c2C(=O)O)cc1F.Cc1cccc(CCC(=O)Nc2scc(-c3ccc(Cl)cc3)c2C(=O)O)c1.[C-]#[N+]c1ccc(-c2csc(NC(=O)CCc3ccccc3)c2C(=O)O)cc1.[C-]#[N+]c1cccc(-c2csc(NC(=O)CCc3ccccc3)c2C(=O)O)c1. The minimum absolute atomic E-state index is 0.0298. The van der Waals surface area contributed by atoms with Crippen LogP contribution in [0, 0.1) is 45.5 Å². The summed E-state index contributed by atoms with van der Waals surface area (Å²) in [4.78, 5) is 127. The Morgan fingerprint density at radius 3 is 0.934 bits per heavy atom. The maximum atomic E-state index is 13.9. The van der Waals surface area contributed by atoms with Gasteiger partial charge in [0.1, 0.15) is 64.5 Å². The predicted octanol–water partition coefficient (Wildman–Crippen LogP) is 27.7. The zero-order chi connectivity index (χ0) is 98.4. The number of carbonyl (C=O) groups excluding carboxylic acids is 5. The summed E-state index contributed by atoms with van der Waals surface area (Å²) in [5.41, 5.74) is 14.2. The lowest BCUT2D eigenvalue weighted by molar-refractivity contribution is -0.117. The number of carbonyl (C=O) groups is 10. The van der Waals surface area contributed by atoms with Crippen LogP contribution in [0.2, 0.25) is 15.1 Å². The average molecular weight is 1990 g/mol. The molecule has 0 spiro atoms.